The van der Waals surface area contributed by atoms with E-state index in [1.54, 1.807) is 9.80 Å². The Morgan fingerprint density at radius 2 is 1.88 bits per heavy atom. The number of hydrogen-bond acceptors (Lipinski definition) is 5. The van der Waals surface area contributed by atoms with Gasteiger partial charge in [0, 0.05) is 48.9 Å². The summed E-state index contributed by atoms with van der Waals surface area (Å²) in [5.41, 5.74) is 1.43. The Balaban J connectivity index is 1.55. The van der Waals surface area contributed by atoms with Crippen molar-refractivity contribution in [1.82, 2.24) is 14.9 Å². The third kappa shape index (κ3) is 3.50. The summed E-state index contributed by atoms with van der Waals surface area (Å²) in [6, 6.07) is 11.5. The lowest BCUT2D eigenvalue weighted by Crippen LogP contribution is -2.52. The second kappa shape index (κ2) is 8.40. The zero-order valence-electron chi connectivity index (χ0n) is 18.0. The van der Waals surface area contributed by atoms with E-state index in [0.717, 1.165) is 16.3 Å². The minimum atomic E-state index is -0.434. The summed E-state index contributed by atoms with van der Waals surface area (Å²) in [6.07, 6.45) is 10.4. The fourth-order valence-electron chi connectivity index (χ4n) is 4.52. The van der Waals surface area contributed by atoms with Crippen molar-refractivity contribution in [2.45, 2.75) is 0 Å². The summed E-state index contributed by atoms with van der Waals surface area (Å²) in [5.74, 6) is 2.88. The molecule has 0 radical (unpaired) electrons. The van der Waals surface area contributed by atoms with E-state index in [2.05, 4.69) is 27.4 Å². The largest absolute Gasteiger partial charge is 0.352 e. The van der Waals surface area contributed by atoms with Crippen molar-refractivity contribution in [3.63, 3.8) is 0 Å². The maximum Gasteiger partial charge on any atom is 0.246 e. The van der Waals surface area contributed by atoms with Gasteiger partial charge in [-0.2, -0.15) is 4.39 Å². The fraction of sp³-hybridized carbons (Fsp3) is 0.192. The number of piperazine rings is 1. The van der Waals surface area contributed by atoms with Gasteiger partial charge >= 0.3 is 0 Å². The standard InChI is InChI=1S/C26H22FN5O/c1-3-18-7-5-8-19-9-6-10-21(23(18)19)32-12-11-20-24(25(32)27)28-17-29-26(20)31-15-13-30(14-16-31)22(33)4-2/h1,4-11,17H,2,12-16H2. The third-order valence-electron chi connectivity index (χ3n) is 6.17. The molecule has 0 saturated carbocycles. The molecule has 1 aromatic heterocycles. The van der Waals surface area contributed by atoms with Crippen LogP contribution in [0.25, 0.3) is 22.8 Å². The van der Waals surface area contributed by atoms with Crippen LogP contribution in [0.4, 0.5) is 15.9 Å². The molecule has 2 aliphatic rings. The van der Waals surface area contributed by atoms with Gasteiger partial charge in [0.15, 0.2) is 0 Å². The first-order valence-electron chi connectivity index (χ1n) is 10.8. The lowest BCUT2D eigenvalue weighted by Gasteiger charge is -2.35. The van der Waals surface area contributed by atoms with Crippen molar-refractivity contribution in [3.05, 3.63) is 71.5 Å². The zero-order valence-corrected chi connectivity index (χ0v) is 18.0. The Kier molecular flexibility index (Phi) is 5.27. The molecule has 1 fully saturated rings. The Labute approximate surface area is 191 Å². The minimum absolute atomic E-state index is 0.0811. The number of carbonyl (C=O) groups excluding carboxylic acids is 1. The van der Waals surface area contributed by atoms with E-state index in [4.69, 9.17) is 6.42 Å². The van der Waals surface area contributed by atoms with Gasteiger partial charge < -0.3 is 14.7 Å². The van der Waals surface area contributed by atoms with Gasteiger partial charge in [-0.05, 0) is 23.6 Å². The molecular weight excluding hydrogens is 417 g/mol. The van der Waals surface area contributed by atoms with Crippen LogP contribution >= 0.6 is 0 Å². The number of carbonyl (C=O) groups is 1. The number of halogens is 1. The van der Waals surface area contributed by atoms with Crippen LogP contribution in [0.3, 0.4) is 0 Å². The van der Waals surface area contributed by atoms with Crippen molar-refractivity contribution in [2.75, 3.05) is 42.5 Å². The first kappa shape index (κ1) is 20.7. The summed E-state index contributed by atoms with van der Waals surface area (Å²) < 4.78 is 15.8. The molecule has 0 bridgehead atoms. The first-order chi connectivity index (χ1) is 16.1. The maximum absolute atomic E-state index is 15.8. The van der Waals surface area contributed by atoms with E-state index < -0.39 is 5.95 Å². The summed E-state index contributed by atoms with van der Waals surface area (Å²) in [6.45, 7) is 6.22. The van der Waals surface area contributed by atoms with Crippen LogP contribution in [-0.4, -0.2) is 53.5 Å². The van der Waals surface area contributed by atoms with Crippen molar-refractivity contribution < 1.29 is 9.18 Å². The van der Waals surface area contributed by atoms with Gasteiger partial charge in [-0.25, -0.2) is 9.97 Å². The normalized spacial score (nSPS) is 15.6. The molecule has 0 spiro atoms. The van der Waals surface area contributed by atoms with Crippen molar-refractivity contribution in [2.24, 2.45) is 0 Å². The van der Waals surface area contributed by atoms with Gasteiger partial charge in [0.2, 0.25) is 11.9 Å². The van der Waals surface area contributed by atoms with Crippen molar-refractivity contribution in [1.29, 1.82) is 0 Å². The van der Waals surface area contributed by atoms with Crippen LogP contribution in [0.2, 0.25) is 0 Å². The number of hydrogen-bond donors (Lipinski definition) is 0. The average molecular weight is 439 g/mol. The highest BCUT2D eigenvalue weighted by Gasteiger charge is 2.25. The summed E-state index contributed by atoms with van der Waals surface area (Å²) >= 11 is 0. The lowest BCUT2D eigenvalue weighted by atomic mass is 10.0. The number of amides is 1. The molecular formula is C26H22FN5O. The third-order valence-corrected chi connectivity index (χ3v) is 6.17. The molecule has 0 aliphatic carbocycles. The molecule has 1 saturated heterocycles. The van der Waals surface area contributed by atoms with Gasteiger partial charge in [0.25, 0.3) is 0 Å². The fourth-order valence-corrected chi connectivity index (χ4v) is 4.52. The zero-order chi connectivity index (χ0) is 22.9. The number of benzene rings is 2. The number of fused-ring (bicyclic) bond motifs is 2. The molecule has 6 nitrogen and oxygen atoms in total. The molecule has 3 aromatic rings. The van der Waals surface area contributed by atoms with Crippen LogP contribution in [0.15, 0.2) is 55.4 Å². The molecule has 1 amide bonds. The molecule has 3 heterocycles. The average Bonchev–Trinajstić information content (AvgIpc) is 2.87. The lowest BCUT2D eigenvalue weighted by molar-refractivity contribution is -0.126. The van der Waals surface area contributed by atoms with E-state index in [1.807, 2.05) is 42.5 Å². The predicted molar refractivity (Wildman–Crippen MR) is 128 cm³/mol. The Morgan fingerprint density at radius 1 is 1.12 bits per heavy atom. The molecule has 5 rings (SSSR count). The SMILES string of the molecule is C#Cc1cccc2cccc(N3CC=c4c(N5CCN(C(=O)C=C)CC5)ncnc4=C3F)c12. The summed E-state index contributed by atoms with van der Waals surface area (Å²) in [5, 5.41) is 2.72. The molecule has 0 atom stereocenters. The van der Waals surface area contributed by atoms with E-state index in [1.165, 1.54) is 12.4 Å². The predicted octanol–water partition coefficient (Wildman–Crippen LogP) is 1.78. The van der Waals surface area contributed by atoms with Gasteiger partial charge in [0.1, 0.15) is 17.5 Å². The quantitative estimate of drug-likeness (QED) is 0.354. The van der Waals surface area contributed by atoms with Crippen molar-refractivity contribution >= 4 is 40.2 Å². The number of nitrogens with zero attached hydrogens (tertiary/aromatic N) is 5. The minimum Gasteiger partial charge on any atom is -0.352 e. The first-order valence-corrected chi connectivity index (χ1v) is 10.8. The smallest absolute Gasteiger partial charge is 0.246 e. The second-order valence-corrected chi connectivity index (χ2v) is 7.91. The van der Waals surface area contributed by atoms with Gasteiger partial charge in [-0.3, -0.25) is 4.79 Å². The van der Waals surface area contributed by atoms with Gasteiger partial charge in [0.05, 0.1) is 5.69 Å². The molecule has 164 valence electrons. The molecule has 33 heavy (non-hydrogen) atoms. The van der Waals surface area contributed by atoms with E-state index >= 15 is 4.39 Å². The second-order valence-electron chi connectivity index (χ2n) is 7.91. The highest BCUT2D eigenvalue weighted by molar-refractivity contribution is 6.00. The Bertz CT molecular complexity index is 1430. The Hall–Kier alpha value is -4.18. The molecule has 7 heteroatoms. The van der Waals surface area contributed by atoms with Crippen molar-refractivity contribution in [3.8, 4) is 12.3 Å². The highest BCUT2D eigenvalue weighted by Crippen LogP contribution is 2.32. The van der Waals surface area contributed by atoms with E-state index in [9.17, 15) is 4.79 Å². The summed E-state index contributed by atoms with van der Waals surface area (Å²) in [7, 11) is 0. The van der Waals surface area contributed by atoms with Crippen LogP contribution in [0.1, 0.15) is 5.56 Å². The molecule has 0 unspecified atom stereocenters. The monoisotopic (exact) mass is 439 g/mol. The maximum atomic E-state index is 15.8. The number of anilines is 2. The molecule has 2 aliphatic heterocycles. The summed E-state index contributed by atoms with van der Waals surface area (Å²) in [4.78, 5) is 26.0. The van der Waals surface area contributed by atoms with E-state index in [-0.39, 0.29) is 11.3 Å². The number of terminal acetylenes is 1. The van der Waals surface area contributed by atoms with Crippen LogP contribution in [0.5, 0.6) is 0 Å². The topological polar surface area (TPSA) is 52.6 Å². The van der Waals surface area contributed by atoms with E-state index in [0.29, 0.717) is 49.4 Å². The molecule has 0 N–H and O–H groups in total. The number of rotatable bonds is 3. The Morgan fingerprint density at radius 3 is 2.61 bits per heavy atom. The molecule has 2 aromatic carbocycles. The number of aromatic nitrogens is 2. The van der Waals surface area contributed by atoms with Crippen LogP contribution < -0.4 is 20.4 Å². The van der Waals surface area contributed by atoms with Crippen LogP contribution in [0, 0.1) is 12.3 Å². The van der Waals surface area contributed by atoms with Crippen LogP contribution in [-0.2, 0) is 4.79 Å². The highest BCUT2D eigenvalue weighted by atomic mass is 19.1. The van der Waals surface area contributed by atoms with Gasteiger partial charge in [-0.15, -0.1) is 6.42 Å². The van der Waals surface area contributed by atoms with Gasteiger partial charge in [-0.1, -0.05) is 42.8 Å².